The van der Waals surface area contributed by atoms with Gasteiger partial charge in [-0.05, 0) is 31.7 Å². The molecule has 0 aromatic heterocycles. The summed E-state index contributed by atoms with van der Waals surface area (Å²) in [5, 5.41) is 3.58. The molecular weight excluding hydrogens is 200 g/mol. The van der Waals surface area contributed by atoms with Gasteiger partial charge in [0.25, 0.3) is 0 Å². The summed E-state index contributed by atoms with van der Waals surface area (Å²) >= 11 is 0. The Balaban J connectivity index is 2.24. The lowest BCUT2D eigenvalue weighted by Gasteiger charge is -2.27. The molecule has 1 heterocycles. The van der Waals surface area contributed by atoms with Crippen molar-refractivity contribution < 1.29 is 4.74 Å². The molecule has 3 nitrogen and oxygen atoms in total. The van der Waals surface area contributed by atoms with Crippen LogP contribution < -0.4 is 5.32 Å². The molecular formula is C13H28N2O. The van der Waals surface area contributed by atoms with Crippen LogP contribution in [0.5, 0.6) is 0 Å². The first kappa shape index (κ1) is 13.9. The minimum Gasteiger partial charge on any atom is -0.385 e. The number of hydrogen-bond acceptors (Lipinski definition) is 3. The molecule has 1 unspecified atom stereocenters. The number of ether oxygens (including phenoxy) is 1. The van der Waals surface area contributed by atoms with Gasteiger partial charge in [0.2, 0.25) is 0 Å². The second-order valence-electron chi connectivity index (χ2n) is 5.29. The van der Waals surface area contributed by atoms with Crippen LogP contribution in [0.15, 0.2) is 0 Å². The molecule has 1 N–H and O–H groups in total. The summed E-state index contributed by atoms with van der Waals surface area (Å²) in [5.74, 6) is 0.754. The van der Waals surface area contributed by atoms with Crippen molar-refractivity contribution in [3.05, 3.63) is 0 Å². The van der Waals surface area contributed by atoms with Gasteiger partial charge >= 0.3 is 0 Å². The zero-order chi connectivity index (χ0) is 11.8. The Morgan fingerprint density at radius 2 is 2.25 bits per heavy atom. The Morgan fingerprint density at radius 3 is 2.81 bits per heavy atom. The van der Waals surface area contributed by atoms with E-state index >= 15 is 0 Å². The van der Waals surface area contributed by atoms with Gasteiger partial charge in [0.05, 0.1) is 0 Å². The molecule has 0 spiro atoms. The molecule has 0 aromatic rings. The van der Waals surface area contributed by atoms with Crippen molar-refractivity contribution in [3.8, 4) is 0 Å². The molecule has 1 atom stereocenters. The van der Waals surface area contributed by atoms with E-state index in [0.717, 1.165) is 25.0 Å². The molecule has 0 aromatic carbocycles. The molecule has 0 saturated carbocycles. The Kier molecular flexibility index (Phi) is 7.01. The standard InChI is InChI=1S/C13H28N2O/c1-12(2)10-15(8-5-9-16-3)11-13-6-4-7-14-13/h12-14H,4-11H2,1-3H3. The molecule has 1 saturated heterocycles. The van der Waals surface area contributed by atoms with Crippen LogP contribution in [0.4, 0.5) is 0 Å². The van der Waals surface area contributed by atoms with Crippen molar-refractivity contribution in [3.63, 3.8) is 0 Å². The topological polar surface area (TPSA) is 24.5 Å². The second-order valence-corrected chi connectivity index (χ2v) is 5.29. The quantitative estimate of drug-likeness (QED) is 0.640. The number of methoxy groups -OCH3 is 1. The van der Waals surface area contributed by atoms with Crippen LogP contribution in [0, 0.1) is 5.92 Å². The molecule has 0 radical (unpaired) electrons. The molecule has 3 heteroatoms. The summed E-state index contributed by atoms with van der Waals surface area (Å²) in [4.78, 5) is 2.59. The maximum absolute atomic E-state index is 5.12. The summed E-state index contributed by atoms with van der Waals surface area (Å²) in [6.45, 7) is 10.3. The Morgan fingerprint density at radius 1 is 1.44 bits per heavy atom. The van der Waals surface area contributed by atoms with Crippen LogP contribution in [-0.4, -0.2) is 50.8 Å². The summed E-state index contributed by atoms with van der Waals surface area (Å²) in [6, 6.07) is 0.723. The molecule has 1 aliphatic rings. The van der Waals surface area contributed by atoms with E-state index in [1.807, 2.05) is 0 Å². The van der Waals surface area contributed by atoms with Crippen molar-refractivity contribution in [1.82, 2.24) is 10.2 Å². The summed E-state index contributed by atoms with van der Waals surface area (Å²) in [7, 11) is 1.78. The van der Waals surface area contributed by atoms with Gasteiger partial charge in [-0.25, -0.2) is 0 Å². The van der Waals surface area contributed by atoms with Gasteiger partial charge in [-0.15, -0.1) is 0 Å². The molecule has 0 aliphatic carbocycles. The minimum absolute atomic E-state index is 0.723. The van der Waals surface area contributed by atoms with Gasteiger partial charge in [0.15, 0.2) is 0 Å². The number of nitrogens with one attached hydrogen (secondary N) is 1. The Hall–Kier alpha value is -0.120. The van der Waals surface area contributed by atoms with Crippen molar-refractivity contribution in [2.24, 2.45) is 5.92 Å². The fraction of sp³-hybridized carbons (Fsp3) is 1.00. The van der Waals surface area contributed by atoms with Crippen LogP contribution in [0.1, 0.15) is 33.1 Å². The minimum atomic E-state index is 0.723. The van der Waals surface area contributed by atoms with E-state index in [2.05, 4.69) is 24.1 Å². The van der Waals surface area contributed by atoms with Crippen LogP contribution in [0.25, 0.3) is 0 Å². The molecule has 1 aliphatic heterocycles. The highest BCUT2D eigenvalue weighted by atomic mass is 16.5. The largest absolute Gasteiger partial charge is 0.385 e. The zero-order valence-corrected chi connectivity index (χ0v) is 11.2. The Bertz CT molecular complexity index is 167. The van der Waals surface area contributed by atoms with Crippen LogP contribution in [-0.2, 0) is 4.74 Å². The van der Waals surface area contributed by atoms with Gasteiger partial charge in [-0.1, -0.05) is 13.8 Å². The Labute approximate surface area is 101 Å². The molecule has 0 amide bonds. The molecule has 96 valence electrons. The van der Waals surface area contributed by atoms with Gasteiger partial charge < -0.3 is 15.0 Å². The van der Waals surface area contributed by atoms with E-state index in [0.29, 0.717) is 0 Å². The highest BCUT2D eigenvalue weighted by molar-refractivity contribution is 4.78. The number of nitrogens with zero attached hydrogens (tertiary/aromatic N) is 1. The maximum Gasteiger partial charge on any atom is 0.0474 e. The monoisotopic (exact) mass is 228 g/mol. The third kappa shape index (κ3) is 5.83. The van der Waals surface area contributed by atoms with E-state index in [1.54, 1.807) is 7.11 Å². The third-order valence-corrected chi connectivity index (χ3v) is 3.09. The average Bonchev–Trinajstić information content (AvgIpc) is 2.69. The normalized spacial score (nSPS) is 21.2. The lowest BCUT2D eigenvalue weighted by Crippen LogP contribution is -2.40. The van der Waals surface area contributed by atoms with Gasteiger partial charge in [0, 0.05) is 39.4 Å². The maximum atomic E-state index is 5.12. The summed E-state index contributed by atoms with van der Waals surface area (Å²) < 4.78 is 5.12. The van der Waals surface area contributed by atoms with Crippen molar-refractivity contribution in [2.75, 3.05) is 39.9 Å². The average molecular weight is 228 g/mol. The van der Waals surface area contributed by atoms with Crippen LogP contribution in [0.3, 0.4) is 0 Å². The lowest BCUT2D eigenvalue weighted by atomic mass is 10.1. The SMILES string of the molecule is COCCCN(CC(C)C)CC1CCCN1. The fourth-order valence-corrected chi connectivity index (χ4v) is 2.43. The van der Waals surface area contributed by atoms with E-state index in [1.165, 1.54) is 39.0 Å². The summed E-state index contributed by atoms with van der Waals surface area (Å²) in [6.07, 6.45) is 3.84. The molecule has 1 fully saturated rings. The molecule has 16 heavy (non-hydrogen) atoms. The van der Waals surface area contributed by atoms with Gasteiger partial charge in [0.1, 0.15) is 0 Å². The predicted octanol–water partition coefficient (Wildman–Crippen LogP) is 1.73. The first-order valence-corrected chi connectivity index (χ1v) is 6.67. The highest BCUT2D eigenvalue weighted by Crippen LogP contribution is 2.09. The fourth-order valence-electron chi connectivity index (χ4n) is 2.43. The number of rotatable bonds is 8. The highest BCUT2D eigenvalue weighted by Gasteiger charge is 2.18. The van der Waals surface area contributed by atoms with E-state index < -0.39 is 0 Å². The first-order valence-electron chi connectivity index (χ1n) is 6.67. The van der Waals surface area contributed by atoms with Crippen molar-refractivity contribution in [1.29, 1.82) is 0 Å². The third-order valence-electron chi connectivity index (χ3n) is 3.09. The van der Waals surface area contributed by atoms with Crippen LogP contribution >= 0.6 is 0 Å². The van der Waals surface area contributed by atoms with E-state index in [4.69, 9.17) is 4.74 Å². The van der Waals surface area contributed by atoms with Crippen molar-refractivity contribution in [2.45, 2.75) is 39.2 Å². The zero-order valence-electron chi connectivity index (χ0n) is 11.2. The summed E-state index contributed by atoms with van der Waals surface area (Å²) in [5.41, 5.74) is 0. The van der Waals surface area contributed by atoms with E-state index in [9.17, 15) is 0 Å². The van der Waals surface area contributed by atoms with Crippen LogP contribution in [0.2, 0.25) is 0 Å². The van der Waals surface area contributed by atoms with E-state index in [-0.39, 0.29) is 0 Å². The number of hydrogen-bond donors (Lipinski definition) is 1. The van der Waals surface area contributed by atoms with Gasteiger partial charge in [-0.3, -0.25) is 0 Å². The smallest absolute Gasteiger partial charge is 0.0474 e. The first-order chi connectivity index (χ1) is 7.72. The van der Waals surface area contributed by atoms with Crippen molar-refractivity contribution >= 4 is 0 Å². The predicted molar refractivity (Wildman–Crippen MR) is 68.8 cm³/mol. The second kappa shape index (κ2) is 8.04. The lowest BCUT2D eigenvalue weighted by molar-refractivity contribution is 0.161. The van der Waals surface area contributed by atoms with Gasteiger partial charge in [-0.2, -0.15) is 0 Å². The molecule has 1 rings (SSSR count). The molecule has 0 bridgehead atoms.